The number of piperazine rings is 1. The molecule has 2 rings (SSSR count). The lowest BCUT2D eigenvalue weighted by atomic mass is 9.93. The van der Waals surface area contributed by atoms with E-state index in [9.17, 15) is 9.90 Å². The number of para-hydroxylation sites is 1. The van der Waals surface area contributed by atoms with Crippen LogP contribution in [0.5, 0.6) is 0 Å². The molecule has 2 N–H and O–H groups in total. The molecule has 5 heteroatoms. The van der Waals surface area contributed by atoms with Crippen molar-refractivity contribution in [2.24, 2.45) is 0 Å². The van der Waals surface area contributed by atoms with Crippen LogP contribution in [0.3, 0.4) is 0 Å². The number of rotatable bonds is 3. The fourth-order valence-corrected chi connectivity index (χ4v) is 3.04. The van der Waals surface area contributed by atoms with Gasteiger partial charge in [0.1, 0.15) is 6.04 Å². The predicted octanol–water partition coefficient (Wildman–Crippen LogP) is 1.91. The van der Waals surface area contributed by atoms with E-state index >= 15 is 0 Å². The summed E-state index contributed by atoms with van der Waals surface area (Å²) in [5.74, 6) is -0.0240. The Morgan fingerprint density at radius 1 is 1.47 bits per heavy atom. The van der Waals surface area contributed by atoms with Gasteiger partial charge >= 0.3 is 0 Å². The van der Waals surface area contributed by atoms with E-state index in [2.05, 4.69) is 40.0 Å². The number of halogens is 1. The van der Waals surface area contributed by atoms with Crippen molar-refractivity contribution in [1.82, 2.24) is 5.32 Å². The Hall–Kier alpha value is -1.07. The van der Waals surface area contributed by atoms with Gasteiger partial charge < -0.3 is 15.3 Å². The largest absolute Gasteiger partial charge is 0.396 e. The third-order valence-electron chi connectivity index (χ3n) is 3.48. The van der Waals surface area contributed by atoms with Gasteiger partial charge in [-0.3, -0.25) is 4.79 Å². The zero-order valence-electron chi connectivity index (χ0n) is 11.2. The first-order valence-electron chi connectivity index (χ1n) is 6.40. The van der Waals surface area contributed by atoms with Gasteiger partial charge in [0.15, 0.2) is 0 Å². The van der Waals surface area contributed by atoms with E-state index in [1.54, 1.807) is 0 Å². The lowest BCUT2D eigenvalue weighted by Crippen LogP contribution is -2.66. The number of anilines is 1. The number of benzene rings is 1. The van der Waals surface area contributed by atoms with Gasteiger partial charge in [0.05, 0.1) is 11.2 Å². The highest BCUT2D eigenvalue weighted by molar-refractivity contribution is 9.10. The van der Waals surface area contributed by atoms with Crippen molar-refractivity contribution >= 4 is 27.5 Å². The van der Waals surface area contributed by atoms with Crippen LogP contribution in [0.25, 0.3) is 0 Å². The molecule has 1 heterocycles. The normalized spacial score (nSPS) is 22.2. The average molecular weight is 327 g/mol. The molecule has 0 saturated carbocycles. The van der Waals surface area contributed by atoms with Crippen molar-refractivity contribution in [2.45, 2.75) is 31.8 Å². The zero-order chi connectivity index (χ0) is 14.0. The maximum absolute atomic E-state index is 12.1. The standard InChI is InChI=1S/C14H19BrN2O2/c1-14(2)9-16-13(19)12(7-8-18)17(14)11-6-4-3-5-10(11)15/h3-6,12,18H,7-9H2,1-2H3,(H,16,19). The predicted molar refractivity (Wildman–Crippen MR) is 79.2 cm³/mol. The third kappa shape index (κ3) is 2.77. The molecule has 1 saturated heterocycles. The molecule has 104 valence electrons. The van der Waals surface area contributed by atoms with E-state index in [1.807, 2.05) is 24.3 Å². The van der Waals surface area contributed by atoms with Crippen LogP contribution in [-0.4, -0.2) is 35.7 Å². The van der Waals surface area contributed by atoms with Crippen LogP contribution < -0.4 is 10.2 Å². The quantitative estimate of drug-likeness (QED) is 0.892. The lowest BCUT2D eigenvalue weighted by molar-refractivity contribution is -0.124. The maximum atomic E-state index is 12.1. The Labute approximate surface area is 121 Å². The van der Waals surface area contributed by atoms with Gasteiger partial charge in [-0.25, -0.2) is 0 Å². The third-order valence-corrected chi connectivity index (χ3v) is 4.15. The molecule has 1 atom stereocenters. The van der Waals surface area contributed by atoms with Crippen molar-refractivity contribution < 1.29 is 9.90 Å². The minimum atomic E-state index is -0.340. The molecule has 1 fully saturated rings. The Morgan fingerprint density at radius 3 is 2.79 bits per heavy atom. The molecular weight excluding hydrogens is 308 g/mol. The first-order chi connectivity index (χ1) is 8.97. The number of nitrogens with one attached hydrogen (secondary N) is 1. The fourth-order valence-electron chi connectivity index (χ4n) is 2.57. The molecular formula is C14H19BrN2O2. The fraction of sp³-hybridized carbons (Fsp3) is 0.500. The molecule has 0 aromatic heterocycles. The monoisotopic (exact) mass is 326 g/mol. The van der Waals surface area contributed by atoms with E-state index in [4.69, 9.17) is 0 Å². The van der Waals surface area contributed by atoms with E-state index in [0.29, 0.717) is 13.0 Å². The lowest BCUT2D eigenvalue weighted by Gasteiger charge is -2.49. The van der Waals surface area contributed by atoms with Gasteiger partial charge in [-0.1, -0.05) is 12.1 Å². The summed E-state index contributed by atoms with van der Waals surface area (Å²) in [4.78, 5) is 14.2. The second-order valence-electron chi connectivity index (χ2n) is 5.38. The Balaban J connectivity index is 2.46. The minimum Gasteiger partial charge on any atom is -0.396 e. The number of amides is 1. The number of aliphatic hydroxyl groups excluding tert-OH is 1. The van der Waals surface area contributed by atoms with Gasteiger partial charge in [0.25, 0.3) is 0 Å². The molecule has 0 radical (unpaired) electrons. The molecule has 1 aliphatic heterocycles. The van der Waals surface area contributed by atoms with E-state index in [1.165, 1.54) is 0 Å². The summed E-state index contributed by atoms with van der Waals surface area (Å²) in [6.45, 7) is 4.77. The van der Waals surface area contributed by atoms with Gasteiger partial charge in [0.2, 0.25) is 5.91 Å². The van der Waals surface area contributed by atoms with Crippen molar-refractivity contribution in [1.29, 1.82) is 0 Å². The summed E-state index contributed by atoms with van der Waals surface area (Å²) >= 11 is 3.55. The number of hydrogen-bond acceptors (Lipinski definition) is 3. The van der Waals surface area contributed by atoms with Crippen molar-refractivity contribution in [3.8, 4) is 0 Å². The Morgan fingerprint density at radius 2 is 2.16 bits per heavy atom. The summed E-state index contributed by atoms with van der Waals surface area (Å²) in [6.07, 6.45) is 0.427. The highest BCUT2D eigenvalue weighted by Crippen LogP contribution is 2.35. The number of hydrogen-bond donors (Lipinski definition) is 2. The van der Waals surface area contributed by atoms with Crippen molar-refractivity contribution in [2.75, 3.05) is 18.1 Å². The van der Waals surface area contributed by atoms with Crippen LogP contribution in [0.15, 0.2) is 28.7 Å². The number of carbonyl (C=O) groups excluding carboxylic acids is 1. The van der Waals surface area contributed by atoms with Gasteiger partial charge in [-0.2, -0.15) is 0 Å². The molecule has 1 aromatic carbocycles. The van der Waals surface area contributed by atoms with Gasteiger partial charge in [-0.05, 0) is 48.3 Å². The molecule has 1 unspecified atom stereocenters. The second kappa shape index (κ2) is 5.51. The van der Waals surface area contributed by atoms with E-state index in [-0.39, 0.29) is 24.1 Å². The molecule has 0 spiro atoms. The number of nitrogens with zero attached hydrogens (tertiary/aromatic N) is 1. The second-order valence-corrected chi connectivity index (χ2v) is 6.23. The topological polar surface area (TPSA) is 52.6 Å². The number of aliphatic hydroxyl groups is 1. The first-order valence-corrected chi connectivity index (χ1v) is 7.19. The van der Waals surface area contributed by atoms with Gasteiger partial charge in [-0.15, -0.1) is 0 Å². The Bertz CT molecular complexity index is 476. The Kier molecular flexibility index (Phi) is 4.16. The SMILES string of the molecule is CC1(C)CNC(=O)C(CCO)N1c1ccccc1Br. The molecule has 0 bridgehead atoms. The molecule has 1 aromatic rings. The summed E-state index contributed by atoms with van der Waals surface area (Å²) in [5.41, 5.74) is 0.790. The van der Waals surface area contributed by atoms with Crippen LogP contribution in [0.2, 0.25) is 0 Å². The zero-order valence-corrected chi connectivity index (χ0v) is 12.8. The van der Waals surface area contributed by atoms with Gasteiger partial charge in [0, 0.05) is 17.6 Å². The first kappa shape index (κ1) is 14.3. The van der Waals surface area contributed by atoms with E-state index < -0.39 is 0 Å². The highest BCUT2D eigenvalue weighted by Gasteiger charge is 2.41. The van der Waals surface area contributed by atoms with Crippen molar-refractivity contribution in [3.05, 3.63) is 28.7 Å². The van der Waals surface area contributed by atoms with Crippen LogP contribution in [-0.2, 0) is 4.79 Å². The molecule has 19 heavy (non-hydrogen) atoms. The summed E-state index contributed by atoms with van der Waals surface area (Å²) in [7, 11) is 0. The smallest absolute Gasteiger partial charge is 0.242 e. The molecule has 1 amide bonds. The molecule has 0 aliphatic carbocycles. The van der Waals surface area contributed by atoms with Crippen LogP contribution in [0.4, 0.5) is 5.69 Å². The summed E-state index contributed by atoms with van der Waals surface area (Å²) in [5, 5.41) is 12.1. The maximum Gasteiger partial charge on any atom is 0.242 e. The molecule has 4 nitrogen and oxygen atoms in total. The average Bonchev–Trinajstić information content (AvgIpc) is 2.36. The molecule has 1 aliphatic rings. The number of carbonyl (C=O) groups is 1. The highest BCUT2D eigenvalue weighted by atomic mass is 79.9. The van der Waals surface area contributed by atoms with Crippen LogP contribution in [0.1, 0.15) is 20.3 Å². The van der Waals surface area contributed by atoms with Crippen molar-refractivity contribution in [3.63, 3.8) is 0 Å². The minimum absolute atomic E-state index is 0.00484. The van der Waals surface area contributed by atoms with Crippen LogP contribution in [0, 0.1) is 0 Å². The van der Waals surface area contributed by atoms with Crippen LogP contribution >= 0.6 is 15.9 Å². The summed E-state index contributed by atoms with van der Waals surface area (Å²) in [6, 6.07) is 7.53. The summed E-state index contributed by atoms with van der Waals surface area (Å²) < 4.78 is 0.959. The van der Waals surface area contributed by atoms with E-state index in [0.717, 1.165) is 10.2 Å².